The van der Waals surface area contributed by atoms with Crippen molar-refractivity contribution in [3.63, 3.8) is 0 Å². The maximum absolute atomic E-state index is 2.52. The third kappa shape index (κ3) is 0.985. The first kappa shape index (κ1) is 8.68. The van der Waals surface area contributed by atoms with Crippen LogP contribution in [0.15, 0.2) is 11.0 Å². The van der Waals surface area contributed by atoms with E-state index in [9.17, 15) is 0 Å². The van der Waals surface area contributed by atoms with Crippen LogP contribution in [0, 0.1) is 16.7 Å². The third-order valence-electron chi connectivity index (χ3n) is 3.37. The average molecular weight is 182 g/mol. The smallest absolute Gasteiger partial charge is 0.0217 e. The van der Waals surface area contributed by atoms with Gasteiger partial charge in [-0.3, -0.25) is 0 Å². The molecule has 2 aliphatic rings. The molecular formula is C11H18S. The van der Waals surface area contributed by atoms with E-state index >= 15 is 0 Å². The number of hydrogen-bond acceptors (Lipinski definition) is 1. The van der Waals surface area contributed by atoms with E-state index in [4.69, 9.17) is 0 Å². The molecule has 0 amide bonds. The molecule has 0 N–H and O–H groups in total. The molecule has 1 heteroatoms. The first-order chi connectivity index (χ1) is 5.36. The Labute approximate surface area is 79.8 Å². The summed E-state index contributed by atoms with van der Waals surface area (Å²) in [4.78, 5) is 1.60. The zero-order valence-electron chi connectivity index (χ0n) is 8.64. The summed E-state index contributed by atoms with van der Waals surface area (Å²) in [6, 6.07) is 0. The number of thioether (sulfide) groups is 1. The zero-order valence-corrected chi connectivity index (χ0v) is 9.46. The fourth-order valence-electron chi connectivity index (χ4n) is 1.99. The summed E-state index contributed by atoms with van der Waals surface area (Å²) < 4.78 is 0. The lowest BCUT2D eigenvalue weighted by atomic mass is 9.93. The first-order valence-electron chi connectivity index (χ1n) is 4.76. The van der Waals surface area contributed by atoms with Crippen LogP contribution in [0.25, 0.3) is 0 Å². The Hall–Kier alpha value is 0.0900. The predicted octanol–water partition coefficient (Wildman–Crippen LogP) is 3.69. The molecule has 1 fully saturated rings. The summed E-state index contributed by atoms with van der Waals surface area (Å²) in [6.07, 6.45) is 2.52. The van der Waals surface area contributed by atoms with Crippen molar-refractivity contribution in [1.29, 1.82) is 0 Å². The Morgan fingerprint density at radius 3 is 2.33 bits per heavy atom. The molecular weight excluding hydrogens is 164 g/mol. The molecule has 0 aromatic rings. The van der Waals surface area contributed by atoms with Crippen molar-refractivity contribution >= 4 is 11.8 Å². The largest absolute Gasteiger partial charge is 0.126 e. The van der Waals surface area contributed by atoms with Crippen molar-refractivity contribution in [2.75, 3.05) is 0 Å². The van der Waals surface area contributed by atoms with Gasteiger partial charge < -0.3 is 0 Å². The highest BCUT2D eigenvalue weighted by atomic mass is 32.2. The molecule has 0 saturated heterocycles. The van der Waals surface area contributed by atoms with E-state index in [1.807, 2.05) is 0 Å². The molecule has 12 heavy (non-hydrogen) atoms. The Balaban J connectivity index is 2.21. The normalized spacial score (nSPS) is 45.6. The lowest BCUT2D eigenvalue weighted by Crippen LogP contribution is -2.07. The summed E-state index contributed by atoms with van der Waals surface area (Å²) in [5.41, 5.74) is 0.925. The molecule has 2 rings (SSSR count). The van der Waals surface area contributed by atoms with Crippen LogP contribution >= 0.6 is 11.8 Å². The molecule has 1 aliphatic carbocycles. The van der Waals surface area contributed by atoms with Gasteiger partial charge in [0.25, 0.3) is 0 Å². The topological polar surface area (TPSA) is 0 Å². The molecule has 1 saturated carbocycles. The van der Waals surface area contributed by atoms with Crippen molar-refractivity contribution in [2.45, 2.75) is 39.9 Å². The molecule has 3 atom stereocenters. The van der Waals surface area contributed by atoms with E-state index in [1.165, 1.54) is 0 Å². The fraction of sp³-hybridized carbons (Fsp3) is 0.818. The van der Waals surface area contributed by atoms with Gasteiger partial charge in [-0.2, -0.15) is 0 Å². The minimum atomic E-state index is 0.376. The lowest BCUT2D eigenvalue weighted by Gasteiger charge is -2.21. The average Bonchev–Trinajstić information content (AvgIpc) is 2.34. The van der Waals surface area contributed by atoms with E-state index in [0.29, 0.717) is 10.8 Å². The van der Waals surface area contributed by atoms with Gasteiger partial charge in [0.15, 0.2) is 0 Å². The van der Waals surface area contributed by atoms with Gasteiger partial charge in [0.2, 0.25) is 0 Å². The second-order valence-corrected chi connectivity index (χ2v) is 6.64. The predicted molar refractivity (Wildman–Crippen MR) is 56.2 cm³/mol. The van der Waals surface area contributed by atoms with Crippen LogP contribution < -0.4 is 0 Å². The highest BCUT2D eigenvalue weighted by Crippen LogP contribution is 2.69. The fourth-order valence-corrected chi connectivity index (χ4v) is 3.90. The molecule has 0 aromatic heterocycles. The minimum absolute atomic E-state index is 0.376. The van der Waals surface area contributed by atoms with Crippen LogP contribution in [0.4, 0.5) is 0 Å². The molecule has 0 aromatic carbocycles. The van der Waals surface area contributed by atoms with Gasteiger partial charge >= 0.3 is 0 Å². The van der Waals surface area contributed by atoms with E-state index in [-0.39, 0.29) is 0 Å². The number of allylic oxidation sites excluding steroid dienone is 2. The van der Waals surface area contributed by atoms with Crippen LogP contribution in [-0.2, 0) is 0 Å². The van der Waals surface area contributed by atoms with E-state index < -0.39 is 0 Å². The summed E-state index contributed by atoms with van der Waals surface area (Å²) in [5, 5.41) is 0.895. The van der Waals surface area contributed by atoms with E-state index in [1.54, 1.807) is 4.91 Å². The van der Waals surface area contributed by atoms with Crippen molar-refractivity contribution in [3.05, 3.63) is 11.0 Å². The Morgan fingerprint density at radius 2 is 2.00 bits per heavy atom. The Kier molecular flexibility index (Phi) is 1.53. The first-order valence-corrected chi connectivity index (χ1v) is 5.63. The molecule has 1 aliphatic heterocycles. The highest BCUT2D eigenvalue weighted by Gasteiger charge is 2.61. The Morgan fingerprint density at radius 1 is 1.42 bits per heavy atom. The van der Waals surface area contributed by atoms with Crippen LogP contribution in [0.3, 0.4) is 0 Å². The summed E-state index contributed by atoms with van der Waals surface area (Å²) in [6.45, 7) is 11.7. The zero-order chi connectivity index (χ0) is 9.15. The molecule has 0 nitrogen and oxygen atoms in total. The maximum atomic E-state index is 2.52. The summed E-state index contributed by atoms with van der Waals surface area (Å²) in [7, 11) is 0. The van der Waals surface area contributed by atoms with Crippen LogP contribution in [0.2, 0.25) is 0 Å². The quantitative estimate of drug-likeness (QED) is 0.550. The second-order valence-electron chi connectivity index (χ2n) is 5.45. The van der Waals surface area contributed by atoms with Gasteiger partial charge in [0.1, 0.15) is 0 Å². The van der Waals surface area contributed by atoms with Crippen LogP contribution in [-0.4, -0.2) is 5.25 Å². The molecule has 0 bridgehead atoms. The standard InChI is InChI=1S/C11H18S/c1-7-9-11(7,5)6-8(12-9)10(2,3)4/h6-7,9H,1-5H3/t7-,9+,11+/m1/s1. The van der Waals surface area contributed by atoms with Crippen molar-refractivity contribution in [1.82, 2.24) is 0 Å². The van der Waals surface area contributed by atoms with Crippen molar-refractivity contribution in [2.24, 2.45) is 16.7 Å². The minimum Gasteiger partial charge on any atom is -0.126 e. The lowest BCUT2D eigenvalue weighted by molar-refractivity contribution is 0.524. The highest BCUT2D eigenvalue weighted by molar-refractivity contribution is 8.04. The van der Waals surface area contributed by atoms with Gasteiger partial charge in [0, 0.05) is 10.7 Å². The SMILES string of the molecule is C[C@@H]1[C@@H]2SC(C(C)(C)C)=C[C@@]12C. The van der Waals surface area contributed by atoms with Crippen LogP contribution in [0.5, 0.6) is 0 Å². The second kappa shape index (κ2) is 2.12. The van der Waals surface area contributed by atoms with Gasteiger partial charge in [0.05, 0.1) is 0 Å². The number of fused-ring (bicyclic) bond motifs is 1. The number of rotatable bonds is 0. The molecule has 0 radical (unpaired) electrons. The Bertz CT molecular complexity index is 246. The summed E-state index contributed by atoms with van der Waals surface area (Å²) in [5.74, 6) is 0.911. The summed E-state index contributed by atoms with van der Waals surface area (Å²) >= 11 is 2.11. The van der Waals surface area contributed by atoms with Crippen molar-refractivity contribution < 1.29 is 0 Å². The van der Waals surface area contributed by atoms with Crippen molar-refractivity contribution in [3.8, 4) is 0 Å². The van der Waals surface area contributed by atoms with Gasteiger partial charge in [-0.15, -0.1) is 11.8 Å². The molecule has 68 valence electrons. The molecule has 1 heterocycles. The third-order valence-corrected chi connectivity index (χ3v) is 5.53. The molecule has 0 unspecified atom stereocenters. The number of hydrogen-bond donors (Lipinski definition) is 0. The van der Waals surface area contributed by atoms with Crippen LogP contribution in [0.1, 0.15) is 34.6 Å². The molecule has 0 spiro atoms. The van der Waals surface area contributed by atoms with Gasteiger partial charge in [-0.1, -0.05) is 40.7 Å². The van der Waals surface area contributed by atoms with Gasteiger partial charge in [-0.25, -0.2) is 0 Å². The van der Waals surface area contributed by atoms with E-state index in [0.717, 1.165) is 11.2 Å². The van der Waals surface area contributed by atoms with E-state index in [2.05, 4.69) is 52.5 Å². The van der Waals surface area contributed by atoms with Gasteiger partial charge in [-0.05, 0) is 16.2 Å². The monoisotopic (exact) mass is 182 g/mol. The maximum Gasteiger partial charge on any atom is 0.0217 e.